The second-order valence-electron chi connectivity index (χ2n) is 3.98. The summed E-state index contributed by atoms with van der Waals surface area (Å²) in [7, 11) is 0. The summed E-state index contributed by atoms with van der Waals surface area (Å²) in [6.45, 7) is 1.83. The number of aryl methyl sites for hydroxylation is 1. The molecule has 4 nitrogen and oxygen atoms in total. The molecule has 0 saturated heterocycles. The Labute approximate surface area is 105 Å². The molecule has 4 heteroatoms. The number of hydrogen-bond donors (Lipinski definition) is 2. The molecule has 0 aliphatic carbocycles. The number of benzene rings is 1. The number of nitrogens with one attached hydrogen (secondary N) is 1. The van der Waals surface area contributed by atoms with Crippen molar-refractivity contribution >= 4 is 11.7 Å². The molecule has 1 aromatic heterocycles. The van der Waals surface area contributed by atoms with Gasteiger partial charge >= 0.3 is 0 Å². The van der Waals surface area contributed by atoms with Crippen LogP contribution in [0.25, 0.3) is 0 Å². The lowest BCUT2D eigenvalue weighted by Gasteiger charge is -2.07. The summed E-state index contributed by atoms with van der Waals surface area (Å²) < 4.78 is 0. The molecule has 92 valence electrons. The van der Waals surface area contributed by atoms with Gasteiger partial charge < -0.3 is 10.4 Å². The van der Waals surface area contributed by atoms with Crippen LogP contribution in [0.1, 0.15) is 21.5 Å². The first-order chi connectivity index (χ1) is 8.70. The summed E-state index contributed by atoms with van der Waals surface area (Å²) in [6, 6.07) is 10.8. The molecule has 0 atom stereocenters. The van der Waals surface area contributed by atoms with E-state index in [1.165, 1.54) is 6.20 Å². The van der Waals surface area contributed by atoms with Gasteiger partial charge in [0.2, 0.25) is 0 Å². The molecule has 0 saturated carbocycles. The quantitative estimate of drug-likeness (QED) is 0.866. The Kier molecular flexibility index (Phi) is 3.69. The van der Waals surface area contributed by atoms with Crippen LogP contribution in [0.15, 0.2) is 42.6 Å². The van der Waals surface area contributed by atoms with E-state index < -0.39 is 0 Å². The van der Waals surface area contributed by atoms with E-state index in [-0.39, 0.29) is 12.5 Å². The predicted octanol–water partition coefficient (Wildman–Crippen LogP) is 2.13. The molecule has 2 rings (SSSR count). The van der Waals surface area contributed by atoms with Crippen molar-refractivity contribution in [1.29, 1.82) is 0 Å². The van der Waals surface area contributed by atoms with Gasteiger partial charge in [0, 0.05) is 11.8 Å². The van der Waals surface area contributed by atoms with Crippen LogP contribution in [-0.2, 0) is 6.61 Å². The second kappa shape index (κ2) is 5.42. The van der Waals surface area contributed by atoms with E-state index in [0.29, 0.717) is 16.9 Å². The third-order valence-electron chi connectivity index (χ3n) is 2.64. The molecule has 0 unspecified atom stereocenters. The average molecular weight is 242 g/mol. The maximum atomic E-state index is 12.0. The zero-order valence-corrected chi connectivity index (χ0v) is 10.1. The van der Waals surface area contributed by atoms with E-state index in [0.717, 1.165) is 5.56 Å². The third kappa shape index (κ3) is 2.73. The fraction of sp³-hybridized carbons (Fsp3) is 0.143. The molecular weight excluding hydrogens is 228 g/mol. The number of pyridine rings is 1. The molecule has 0 radical (unpaired) electrons. The molecule has 0 spiro atoms. The number of rotatable bonds is 3. The minimum Gasteiger partial charge on any atom is -0.392 e. The van der Waals surface area contributed by atoms with Gasteiger partial charge in [-0.05, 0) is 30.2 Å². The van der Waals surface area contributed by atoms with Crippen molar-refractivity contribution in [3.63, 3.8) is 0 Å². The van der Waals surface area contributed by atoms with Gasteiger partial charge in [0.15, 0.2) is 0 Å². The fourth-order valence-corrected chi connectivity index (χ4v) is 1.60. The number of nitrogens with zero attached hydrogens (tertiary/aromatic N) is 1. The fourth-order valence-electron chi connectivity index (χ4n) is 1.60. The van der Waals surface area contributed by atoms with Gasteiger partial charge in [-0.1, -0.05) is 24.3 Å². The summed E-state index contributed by atoms with van der Waals surface area (Å²) in [5.74, 6) is 0.290. The number of carbonyl (C=O) groups is 1. The number of anilines is 1. The van der Waals surface area contributed by atoms with Crippen molar-refractivity contribution in [2.24, 2.45) is 0 Å². The summed E-state index contributed by atoms with van der Waals surface area (Å²) in [5.41, 5.74) is 2.26. The van der Waals surface area contributed by atoms with Crippen LogP contribution >= 0.6 is 0 Å². The van der Waals surface area contributed by atoms with Gasteiger partial charge in [-0.2, -0.15) is 0 Å². The smallest absolute Gasteiger partial charge is 0.257 e. The Morgan fingerprint density at radius 2 is 2.06 bits per heavy atom. The molecule has 0 aliphatic rings. The number of hydrogen-bond acceptors (Lipinski definition) is 3. The zero-order valence-electron chi connectivity index (χ0n) is 10.1. The number of aliphatic hydroxyl groups is 1. The Morgan fingerprint density at radius 1 is 1.28 bits per heavy atom. The topological polar surface area (TPSA) is 62.2 Å². The summed E-state index contributed by atoms with van der Waals surface area (Å²) in [5, 5.41) is 11.6. The first kappa shape index (κ1) is 12.3. The summed E-state index contributed by atoms with van der Waals surface area (Å²) in [4.78, 5) is 16.0. The molecule has 1 amide bonds. The SMILES string of the molecule is Cc1ccccc1C(=O)Nc1ccc(CO)cn1. The van der Waals surface area contributed by atoms with E-state index in [4.69, 9.17) is 5.11 Å². The third-order valence-corrected chi connectivity index (χ3v) is 2.64. The lowest BCUT2D eigenvalue weighted by atomic mass is 10.1. The van der Waals surface area contributed by atoms with Crippen LogP contribution in [0.3, 0.4) is 0 Å². The molecule has 0 fully saturated rings. The van der Waals surface area contributed by atoms with E-state index in [9.17, 15) is 4.79 Å². The molecular formula is C14H14N2O2. The number of carbonyl (C=O) groups excluding carboxylic acids is 1. The zero-order chi connectivity index (χ0) is 13.0. The lowest BCUT2D eigenvalue weighted by molar-refractivity contribution is 0.102. The standard InChI is InChI=1S/C14H14N2O2/c1-10-4-2-3-5-12(10)14(18)16-13-7-6-11(9-17)8-15-13/h2-8,17H,9H2,1H3,(H,15,16,18). The van der Waals surface area contributed by atoms with Gasteiger partial charge in [-0.25, -0.2) is 4.98 Å². The average Bonchev–Trinajstić information content (AvgIpc) is 2.40. The van der Waals surface area contributed by atoms with Gasteiger partial charge in [0.05, 0.1) is 6.61 Å². The molecule has 0 bridgehead atoms. The molecule has 1 aromatic carbocycles. The molecule has 18 heavy (non-hydrogen) atoms. The molecule has 0 aliphatic heterocycles. The van der Waals surface area contributed by atoms with Crippen LogP contribution in [0.2, 0.25) is 0 Å². The molecule has 2 aromatic rings. The van der Waals surface area contributed by atoms with Gasteiger partial charge in [0.25, 0.3) is 5.91 Å². The first-order valence-corrected chi connectivity index (χ1v) is 5.63. The lowest BCUT2D eigenvalue weighted by Crippen LogP contribution is -2.14. The van der Waals surface area contributed by atoms with Crippen molar-refractivity contribution in [1.82, 2.24) is 4.98 Å². The van der Waals surface area contributed by atoms with Gasteiger partial charge in [0.1, 0.15) is 5.82 Å². The Morgan fingerprint density at radius 3 is 2.67 bits per heavy atom. The van der Waals surface area contributed by atoms with Crippen molar-refractivity contribution < 1.29 is 9.90 Å². The predicted molar refractivity (Wildman–Crippen MR) is 69.3 cm³/mol. The van der Waals surface area contributed by atoms with E-state index in [1.54, 1.807) is 18.2 Å². The summed E-state index contributed by atoms with van der Waals surface area (Å²) >= 11 is 0. The maximum Gasteiger partial charge on any atom is 0.257 e. The first-order valence-electron chi connectivity index (χ1n) is 5.63. The minimum absolute atomic E-state index is 0.0565. The van der Waals surface area contributed by atoms with Crippen molar-refractivity contribution in [3.05, 3.63) is 59.3 Å². The Hall–Kier alpha value is -2.20. The number of aromatic nitrogens is 1. The van der Waals surface area contributed by atoms with E-state index in [1.807, 2.05) is 25.1 Å². The van der Waals surface area contributed by atoms with Gasteiger partial charge in [-0.15, -0.1) is 0 Å². The van der Waals surface area contributed by atoms with Crippen molar-refractivity contribution in [2.75, 3.05) is 5.32 Å². The minimum atomic E-state index is -0.183. The van der Waals surface area contributed by atoms with Crippen molar-refractivity contribution in [3.8, 4) is 0 Å². The molecule has 2 N–H and O–H groups in total. The normalized spacial score (nSPS) is 10.1. The highest BCUT2D eigenvalue weighted by Crippen LogP contribution is 2.11. The maximum absolute atomic E-state index is 12.0. The highest BCUT2D eigenvalue weighted by molar-refractivity contribution is 6.04. The van der Waals surface area contributed by atoms with Crippen LogP contribution in [-0.4, -0.2) is 16.0 Å². The second-order valence-corrected chi connectivity index (χ2v) is 3.98. The summed E-state index contributed by atoms with van der Waals surface area (Å²) in [6.07, 6.45) is 1.54. The van der Waals surface area contributed by atoms with Crippen LogP contribution in [0.5, 0.6) is 0 Å². The highest BCUT2D eigenvalue weighted by atomic mass is 16.3. The van der Waals surface area contributed by atoms with Crippen LogP contribution in [0, 0.1) is 6.92 Å². The Bertz CT molecular complexity index is 550. The number of aliphatic hydroxyl groups excluding tert-OH is 1. The largest absolute Gasteiger partial charge is 0.392 e. The number of amides is 1. The van der Waals surface area contributed by atoms with E-state index in [2.05, 4.69) is 10.3 Å². The highest BCUT2D eigenvalue weighted by Gasteiger charge is 2.08. The van der Waals surface area contributed by atoms with Gasteiger partial charge in [-0.3, -0.25) is 4.79 Å². The van der Waals surface area contributed by atoms with Crippen LogP contribution in [0.4, 0.5) is 5.82 Å². The van der Waals surface area contributed by atoms with Crippen molar-refractivity contribution in [2.45, 2.75) is 13.5 Å². The van der Waals surface area contributed by atoms with Crippen LogP contribution < -0.4 is 5.32 Å². The van der Waals surface area contributed by atoms with E-state index >= 15 is 0 Å². The Balaban J connectivity index is 2.14. The molecule has 1 heterocycles. The monoisotopic (exact) mass is 242 g/mol.